The van der Waals surface area contributed by atoms with Gasteiger partial charge in [-0.05, 0) is 41.5 Å². The van der Waals surface area contributed by atoms with E-state index in [-0.39, 0.29) is 23.3 Å². The highest BCUT2D eigenvalue weighted by molar-refractivity contribution is 6.31. The molecule has 5 rings (SSSR count). The summed E-state index contributed by atoms with van der Waals surface area (Å²) < 4.78 is 22.5. The van der Waals surface area contributed by atoms with Gasteiger partial charge in [0.2, 0.25) is 11.5 Å². The zero-order valence-corrected chi connectivity index (χ0v) is 20.1. The smallest absolute Gasteiger partial charge is 0.291 e. The molecule has 1 aromatic heterocycles. The Labute approximate surface area is 206 Å². The van der Waals surface area contributed by atoms with E-state index < -0.39 is 11.9 Å². The van der Waals surface area contributed by atoms with Crippen LogP contribution in [0.4, 0.5) is 0 Å². The van der Waals surface area contributed by atoms with Gasteiger partial charge in [0, 0.05) is 11.6 Å². The third-order valence-electron chi connectivity index (χ3n) is 6.17. The van der Waals surface area contributed by atoms with E-state index in [0.717, 1.165) is 5.56 Å². The summed E-state index contributed by atoms with van der Waals surface area (Å²) in [5, 5.41) is 0.917. The van der Waals surface area contributed by atoms with Crippen LogP contribution in [-0.2, 0) is 6.54 Å². The van der Waals surface area contributed by atoms with Crippen LogP contribution >= 0.6 is 11.6 Å². The Morgan fingerprint density at radius 3 is 2.23 bits per heavy atom. The maximum Gasteiger partial charge on any atom is 0.291 e. The predicted molar refractivity (Wildman–Crippen MR) is 132 cm³/mol. The number of halogens is 1. The van der Waals surface area contributed by atoms with E-state index in [2.05, 4.69) is 0 Å². The molecule has 1 aliphatic rings. The molecule has 0 radical (unpaired) electrons. The normalized spacial score (nSPS) is 14.8. The molecule has 0 bridgehead atoms. The minimum atomic E-state index is -0.761. The summed E-state index contributed by atoms with van der Waals surface area (Å²) in [5.41, 5.74) is 1.70. The first-order valence-electron chi connectivity index (χ1n) is 10.9. The predicted octanol–water partition coefficient (Wildman–Crippen LogP) is 5.22. The maximum absolute atomic E-state index is 13.7. The van der Waals surface area contributed by atoms with Gasteiger partial charge in [-0.1, -0.05) is 41.9 Å². The molecule has 0 fully saturated rings. The Balaban J connectivity index is 1.77. The van der Waals surface area contributed by atoms with Crippen LogP contribution < -0.4 is 19.6 Å². The number of carbonyl (C=O) groups is 1. The molecule has 0 aliphatic carbocycles. The number of amides is 1. The van der Waals surface area contributed by atoms with Crippen molar-refractivity contribution in [1.82, 2.24) is 4.90 Å². The third-order valence-corrected chi connectivity index (χ3v) is 6.54. The van der Waals surface area contributed by atoms with Crippen molar-refractivity contribution in [3.63, 3.8) is 0 Å². The second-order valence-corrected chi connectivity index (χ2v) is 8.46. The van der Waals surface area contributed by atoms with Gasteiger partial charge in [-0.25, -0.2) is 0 Å². The number of carbonyl (C=O) groups excluding carboxylic acids is 1. The molecule has 35 heavy (non-hydrogen) atoms. The zero-order chi connectivity index (χ0) is 24.7. The van der Waals surface area contributed by atoms with Gasteiger partial charge in [-0.2, -0.15) is 0 Å². The molecule has 4 aromatic rings. The molecule has 0 N–H and O–H groups in total. The number of ether oxygens (including phenoxy) is 3. The van der Waals surface area contributed by atoms with Crippen molar-refractivity contribution < 1.29 is 23.4 Å². The lowest BCUT2D eigenvalue weighted by atomic mass is 9.97. The standard InChI is InChI=1S/C27H22ClNO6/c1-32-20-12-16(13-21(33-2)25(20)34-3)23-22-24(30)17-9-5-7-11-19(17)35-26(22)27(31)29(23)14-15-8-4-6-10-18(15)28/h4-13,23H,14H2,1-3H3. The monoisotopic (exact) mass is 491 g/mol. The number of rotatable bonds is 6. The summed E-state index contributed by atoms with van der Waals surface area (Å²) in [7, 11) is 4.54. The van der Waals surface area contributed by atoms with E-state index >= 15 is 0 Å². The van der Waals surface area contributed by atoms with Crippen LogP contribution in [0.25, 0.3) is 11.0 Å². The van der Waals surface area contributed by atoms with Gasteiger partial charge in [-0.15, -0.1) is 0 Å². The van der Waals surface area contributed by atoms with Gasteiger partial charge in [-0.3, -0.25) is 9.59 Å². The van der Waals surface area contributed by atoms with Crippen LogP contribution in [0.15, 0.2) is 69.9 Å². The first-order chi connectivity index (χ1) is 17.0. The fourth-order valence-corrected chi connectivity index (χ4v) is 4.74. The first-order valence-corrected chi connectivity index (χ1v) is 11.3. The number of fused-ring (bicyclic) bond motifs is 2. The number of nitrogens with zero attached hydrogens (tertiary/aromatic N) is 1. The van der Waals surface area contributed by atoms with Crippen molar-refractivity contribution in [2.45, 2.75) is 12.6 Å². The lowest BCUT2D eigenvalue weighted by molar-refractivity contribution is 0.0714. The van der Waals surface area contributed by atoms with Crippen LogP contribution in [0.5, 0.6) is 17.2 Å². The third kappa shape index (κ3) is 3.68. The van der Waals surface area contributed by atoms with E-state index in [0.29, 0.717) is 38.8 Å². The SMILES string of the molecule is COc1cc(C2c3c(oc4ccccc4c3=O)C(=O)N2Cc2ccccc2Cl)cc(OC)c1OC. The van der Waals surface area contributed by atoms with E-state index in [9.17, 15) is 9.59 Å². The minimum Gasteiger partial charge on any atom is -0.493 e. The molecule has 1 atom stereocenters. The van der Waals surface area contributed by atoms with Crippen molar-refractivity contribution in [2.75, 3.05) is 21.3 Å². The van der Waals surface area contributed by atoms with Crippen molar-refractivity contribution in [2.24, 2.45) is 0 Å². The van der Waals surface area contributed by atoms with Crippen molar-refractivity contribution in [3.05, 3.63) is 98.4 Å². The van der Waals surface area contributed by atoms with E-state index in [1.165, 1.54) is 21.3 Å². The second kappa shape index (κ2) is 9.00. The Kier molecular flexibility index (Phi) is 5.86. The number of hydrogen-bond donors (Lipinski definition) is 0. The van der Waals surface area contributed by atoms with Crippen LogP contribution in [0.3, 0.4) is 0 Å². The summed E-state index contributed by atoms with van der Waals surface area (Å²) in [6.07, 6.45) is 0. The van der Waals surface area contributed by atoms with E-state index in [1.54, 1.807) is 47.4 Å². The summed E-state index contributed by atoms with van der Waals surface area (Å²) in [6, 6.07) is 16.9. The van der Waals surface area contributed by atoms with Gasteiger partial charge in [0.25, 0.3) is 5.91 Å². The molecule has 0 saturated carbocycles. The molecular weight excluding hydrogens is 470 g/mol. The molecule has 1 amide bonds. The zero-order valence-electron chi connectivity index (χ0n) is 19.3. The number of para-hydroxylation sites is 1. The Hall–Kier alpha value is -3.97. The first kappa shape index (κ1) is 22.8. The van der Waals surface area contributed by atoms with Crippen LogP contribution in [0.2, 0.25) is 5.02 Å². The molecule has 178 valence electrons. The van der Waals surface area contributed by atoms with Gasteiger partial charge >= 0.3 is 0 Å². The second-order valence-electron chi connectivity index (χ2n) is 8.06. The highest BCUT2D eigenvalue weighted by Crippen LogP contribution is 2.45. The lowest BCUT2D eigenvalue weighted by Gasteiger charge is -2.26. The minimum absolute atomic E-state index is 0.0134. The van der Waals surface area contributed by atoms with Crippen LogP contribution in [-0.4, -0.2) is 32.1 Å². The van der Waals surface area contributed by atoms with Gasteiger partial charge in [0.15, 0.2) is 16.9 Å². The van der Waals surface area contributed by atoms with Gasteiger partial charge in [0.05, 0.1) is 38.3 Å². The van der Waals surface area contributed by atoms with Crippen LogP contribution in [0, 0.1) is 0 Å². The van der Waals surface area contributed by atoms with Crippen molar-refractivity contribution in [1.29, 1.82) is 0 Å². The maximum atomic E-state index is 13.7. The van der Waals surface area contributed by atoms with E-state index in [1.807, 2.05) is 18.2 Å². The fourth-order valence-electron chi connectivity index (χ4n) is 4.55. The highest BCUT2D eigenvalue weighted by atomic mass is 35.5. The molecular formula is C27H22ClNO6. The molecule has 1 unspecified atom stereocenters. The Morgan fingerprint density at radius 2 is 1.57 bits per heavy atom. The Bertz CT molecular complexity index is 1490. The molecule has 7 nitrogen and oxygen atoms in total. The molecule has 0 saturated heterocycles. The Morgan fingerprint density at radius 1 is 0.914 bits per heavy atom. The highest BCUT2D eigenvalue weighted by Gasteiger charge is 2.43. The number of methoxy groups -OCH3 is 3. The lowest BCUT2D eigenvalue weighted by Crippen LogP contribution is -2.29. The van der Waals surface area contributed by atoms with E-state index in [4.69, 9.17) is 30.2 Å². The number of benzene rings is 3. The molecule has 8 heteroatoms. The van der Waals surface area contributed by atoms with Crippen molar-refractivity contribution >= 4 is 28.5 Å². The summed E-state index contributed by atoms with van der Waals surface area (Å²) in [5.74, 6) is 0.837. The topological polar surface area (TPSA) is 78.2 Å². The summed E-state index contributed by atoms with van der Waals surface area (Å²) in [4.78, 5) is 29.0. The molecule has 3 aromatic carbocycles. The summed E-state index contributed by atoms with van der Waals surface area (Å²) >= 11 is 6.43. The molecule has 1 aliphatic heterocycles. The molecule has 0 spiro atoms. The average Bonchev–Trinajstić information content (AvgIpc) is 3.16. The van der Waals surface area contributed by atoms with Gasteiger partial charge < -0.3 is 23.5 Å². The quantitative estimate of drug-likeness (QED) is 0.368. The number of hydrogen-bond acceptors (Lipinski definition) is 6. The van der Waals surface area contributed by atoms with Crippen LogP contribution in [0.1, 0.15) is 33.3 Å². The molecule has 2 heterocycles. The van der Waals surface area contributed by atoms with Crippen molar-refractivity contribution in [3.8, 4) is 17.2 Å². The average molecular weight is 492 g/mol. The van der Waals surface area contributed by atoms with Gasteiger partial charge in [0.1, 0.15) is 5.58 Å². The summed E-state index contributed by atoms with van der Waals surface area (Å²) in [6.45, 7) is 0.166. The fraction of sp³-hybridized carbons (Fsp3) is 0.185. The largest absolute Gasteiger partial charge is 0.493 e.